The van der Waals surface area contributed by atoms with Crippen LogP contribution in [-0.2, 0) is 0 Å². The minimum Gasteiger partial charge on any atom is -0.393 e. The predicted molar refractivity (Wildman–Crippen MR) is 94.3 cm³/mol. The molecule has 9 atom stereocenters. The van der Waals surface area contributed by atoms with Crippen LogP contribution in [0.5, 0.6) is 0 Å². The quantitative estimate of drug-likeness (QED) is 0.397. The molecule has 0 aromatic rings. The van der Waals surface area contributed by atoms with Crippen molar-refractivity contribution in [3.05, 3.63) is 11.6 Å². The SMILES string of the molecule is C#C[C@]1(O)[C@H](O)[C@H](O)C2C3CC=C4C[C@H](O)CC[C@]4(C)C3CC[C@@]21C. The molecule has 0 heterocycles. The Morgan fingerprint density at radius 1 is 1.16 bits per heavy atom. The topological polar surface area (TPSA) is 80.9 Å². The molecule has 4 heteroatoms. The average Bonchev–Trinajstić information content (AvgIpc) is 2.74. The average molecular weight is 346 g/mol. The number of terminal acetylenes is 1. The van der Waals surface area contributed by atoms with Crippen molar-refractivity contribution in [1.29, 1.82) is 0 Å². The lowest BCUT2D eigenvalue weighted by atomic mass is 9.47. The van der Waals surface area contributed by atoms with E-state index >= 15 is 0 Å². The van der Waals surface area contributed by atoms with Gasteiger partial charge in [-0.1, -0.05) is 31.4 Å². The van der Waals surface area contributed by atoms with Crippen LogP contribution < -0.4 is 0 Å². The molecular weight excluding hydrogens is 316 g/mol. The monoisotopic (exact) mass is 346 g/mol. The van der Waals surface area contributed by atoms with E-state index in [0.717, 1.165) is 32.1 Å². The molecule has 0 amide bonds. The maximum absolute atomic E-state index is 11.0. The van der Waals surface area contributed by atoms with Gasteiger partial charge in [-0.3, -0.25) is 0 Å². The summed E-state index contributed by atoms with van der Waals surface area (Å²) in [6.07, 6.45) is 10.3. The summed E-state index contributed by atoms with van der Waals surface area (Å²) < 4.78 is 0. The van der Waals surface area contributed by atoms with Crippen molar-refractivity contribution in [3.63, 3.8) is 0 Å². The summed E-state index contributed by atoms with van der Waals surface area (Å²) in [7, 11) is 0. The standard InChI is InChI=1S/C21H30O4/c1-4-21(25)18(24)17(23)16-14-6-5-12-11-13(22)7-9-19(12,2)15(14)8-10-20(16,21)3/h1,5,13-18,22-25H,6-11H2,2-3H3/t13-,14?,15?,16?,17-,18-,19+,20+,21+/m1/s1. The van der Waals surface area contributed by atoms with E-state index in [1.54, 1.807) is 0 Å². The highest BCUT2D eigenvalue weighted by molar-refractivity contribution is 5.32. The van der Waals surface area contributed by atoms with E-state index in [1.807, 2.05) is 6.92 Å². The minimum absolute atomic E-state index is 0.0466. The third-order valence-corrected chi connectivity index (χ3v) is 8.54. The maximum atomic E-state index is 11.0. The molecule has 3 fully saturated rings. The van der Waals surface area contributed by atoms with Gasteiger partial charge < -0.3 is 20.4 Å². The van der Waals surface area contributed by atoms with Gasteiger partial charge in [-0.25, -0.2) is 0 Å². The molecule has 3 unspecified atom stereocenters. The molecule has 0 aliphatic heterocycles. The van der Waals surface area contributed by atoms with E-state index in [-0.39, 0.29) is 23.4 Å². The molecule has 4 aliphatic carbocycles. The van der Waals surface area contributed by atoms with Crippen molar-refractivity contribution in [2.24, 2.45) is 28.6 Å². The van der Waals surface area contributed by atoms with Crippen molar-refractivity contribution in [2.45, 2.75) is 76.3 Å². The molecule has 25 heavy (non-hydrogen) atoms. The second-order valence-electron chi connectivity index (χ2n) is 9.38. The van der Waals surface area contributed by atoms with Crippen molar-refractivity contribution in [2.75, 3.05) is 0 Å². The lowest BCUT2D eigenvalue weighted by molar-refractivity contribution is -0.118. The highest BCUT2D eigenvalue weighted by atomic mass is 16.4. The van der Waals surface area contributed by atoms with E-state index < -0.39 is 23.2 Å². The predicted octanol–water partition coefficient (Wildman–Crippen LogP) is 1.62. The Balaban J connectivity index is 1.76. The molecule has 4 aliphatic rings. The fraction of sp³-hybridized carbons (Fsp3) is 0.810. The number of rotatable bonds is 0. The summed E-state index contributed by atoms with van der Waals surface area (Å²) in [5.41, 5.74) is -0.936. The zero-order valence-electron chi connectivity index (χ0n) is 15.2. The Bertz CT molecular complexity index is 651. The van der Waals surface area contributed by atoms with Gasteiger partial charge in [0.05, 0.1) is 12.2 Å². The van der Waals surface area contributed by atoms with Gasteiger partial charge in [0.15, 0.2) is 5.60 Å². The van der Waals surface area contributed by atoms with Crippen molar-refractivity contribution in [3.8, 4) is 12.3 Å². The molecule has 4 N–H and O–H groups in total. The molecule has 4 nitrogen and oxygen atoms in total. The van der Waals surface area contributed by atoms with Gasteiger partial charge in [0.25, 0.3) is 0 Å². The number of aliphatic hydroxyl groups is 4. The first kappa shape index (κ1) is 17.5. The van der Waals surface area contributed by atoms with Crippen molar-refractivity contribution >= 4 is 0 Å². The lowest BCUT2D eigenvalue weighted by Crippen LogP contribution is -2.56. The van der Waals surface area contributed by atoms with Gasteiger partial charge in [0, 0.05) is 11.3 Å². The Morgan fingerprint density at radius 2 is 1.88 bits per heavy atom. The van der Waals surface area contributed by atoms with Gasteiger partial charge >= 0.3 is 0 Å². The first-order chi connectivity index (χ1) is 11.7. The third-order valence-electron chi connectivity index (χ3n) is 8.54. The number of hydrogen-bond acceptors (Lipinski definition) is 4. The summed E-state index contributed by atoms with van der Waals surface area (Å²) >= 11 is 0. The minimum atomic E-state index is -1.67. The number of allylic oxidation sites excluding steroid dienone is 1. The van der Waals surface area contributed by atoms with Gasteiger partial charge in [0.1, 0.15) is 6.10 Å². The number of hydrogen-bond donors (Lipinski definition) is 4. The fourth-order valence-electron chi connectivity index (χ4n) is 7.00. The van der Waals surface area contributed by atoms with Crippen LogP contribution >= 0.6 is 0 Å². The van der Waals surface area contributed by atoms with Crippen LogP contribution in [0.3, 0.4) is 0 Å². The smallest absolute Gasteiger partial charge is 0.159 e. The van der Waals surface area contributed by atoms with Crippen molar-refractivity contribution in [1.82, 2.24) is 0 Å². The zero-order valence-corrected chi connectivity index (χ0v) is 15.2. The van der Waals surface area contributed by atoms with Gasteiger partial charge in [0.2, 0.25) is 0 Å². The van der Waals surface area contributed by atoms with Crippen molar-refractivity contribution < 1.29 is 20.4 Å². The first-order valence-corrected chi connectivity index (χ1v) is 9.63. The molecule has 4 rings (SSSR count). The number of fused-ring (bicyclic) bond motifs is 5. The van der Waals surface area contributed by atoms with E-state index in [9.17, 15) is 20.4 Å². The Morgan fingerprint density at radius 3 is 2.56 bits per heavy atom. The van der Waals surface area contributed by atoms with Gasteiger partial charge in [-0.15, -0.1) is 6.42 Å². The largest absolute Gasteiger partial charge is 0.393 e. The van der Waals surface area contributed by atoms with Crippen LogP contribution in [0.2, 0.25) is 0 Å². The van der Waals surface area contributed by atoms with E-state index in [0.29, 0.717) is 12.3 Å². The third kappa shape index (κ3) is 1.99. The maximum Gasteiger partial charge on any atom is 0.159 e. The molecule has 0 bridgehead atoms. The lowest BCUT2D eigenvalue weighted by Gasteiger charge is -2.58. The normalized spacial score (nSPS) is 57.7. The second kappa shape index (κ2) is 5.33. The van der Waals surface area contributed by atoms with E-state index in [2.05, 4.69) is 18.9 Å². The van der Waals surface area contributed by atoms with Crippen LogP contribution in [0.15, 0.2) is 11.6 Å². The second-order valence-corrected chi connectivity index (χ2v) is 9.38. The van der Waals surface area contributed by atoms with Gasteiger partial charge in [-0.2, -0.15) is 0 Å². The molecule has 0 saturated heterocycles. The van der Waals surface area contributed by atoms with Crippen LogP contribution in [0.4, 0.5) is 0 Å². The summed E-state index contributed by atoms with van der Waals surface area (Å²) in [5, 5.41) is 42.4. The highest BCUT2D eigenvalue weighted by Gasteiger charge is 2.70. The summed E-state index contributed by atoms with van der Waals surface area (Å²) in [4.78, 5) is 0. The summed E-state index contributed by atoms with van der Waals surface area (Å²) in [6, 6.07) is 0. The van der Waals surface area contributed by atoms with E-state index in [4.69, 9.17) is 6.42 Å². The highest BCUT2D eigenvalue weighted by Crippen LogP contribution is 2.66. The van der Waals surface area contributed by atoms with Crippen LogP contribution in [-0.4, -0.2) is 44.3 Å². The summed E-state index contributed by atoms with van der Waals surface area (Å²) in [5.74, 6) is 2.83. The molecule has 0 aromatic carbocycles. The Kier molecular flexibility index (Phi) is 3.74. The molecular formula is C21H30O4. The first-order valence-electron chi connectivity index (χ1n) is 9.63. The van der Waals surface area contributed by atoms with Crippen LogP contribution in [0, 0.1) is 40.9 Å². The zero-order chi connectivity index (χ0) is 18.2. The van der Waals surface area contributed by atoms with Crippen LogP contribution in [0.25, 0.3) is 0 Å². The Hall–Kier alpha value is -0.860. The molecule has 0 radical (unpaired) electrons. The van der Waals surface area contributed by atoms with Crippen LogP contribution in [0.1, 0.15) is 52.4 Å². The number of aliphatic hydroxyl groups excluding tert-OH is 3. The molecule has 0 spiro atoms. The Labute approximate surface area is 150 Å². The molecule has 0 aromatic heterocycles. The van der Waals surface area contributed by atoms with E-state index in [1.165, 1.54) is 5.57 Å². The summed E-state index contributed by atoms with van der Waals surface area (Å²) in [6.45, 7) is 4.24. The molecule has 3 saturated carbocycles. The molecule has 138 valence electrons. The van der Waals surface area contributed by atoms with Gasteiger partial charge in [-0.05, 0) is 55.8 Å². The fourth-order valence-corrected chi connectivity index (χ4v) is 7.00.